The number of benzene rings is 2. The number of hydrogen-bond donors (Lipinski definition) is 1. The monoisotopic (exact) mass is 405 g/mol. The minimum absolute atomic E-state index is 0.0621. The van der Waals surface area contributed by atoms with Gasteiger partial charge in [-0.15, -0.1) is 0 Å². The van der Waals surface area contributed by atoms with Gasteiger partial charge < -0.3 is 10.6 Å². The van der Waals surface area contributed by atoms with Crippen LogP contribution in [0.15, 0.2) is 48.5 Å². The first kappa shape index (κ1) is 20.0. The van der Waals surface area contributed by atoms with Crippen LogP contribution in [0.4, 0.5) is 4.39 Å². The van der Waals surface area contributed by atoms with Crippen molar-refractivity contribution in [2.24, 2.45) is 5.73 Å². The molecule has 0 spiro atoms. The molecule has 1 aliphatic heterocycles. The normalized spacial score (nSPS) is 16.6. The molecule has 0 radical (unpaired) electrons. The number of aromatic nitrogens is 1. The number of hydrogen-bond acceptors (Lipinski definition) is 3. The van der Waals surface area contributed by atoms with Crippen LogP contribution < -0.4 is 5.73 Å². The van der Waals surface area contributed by atoms with Crippen LogP contribution in [-0.2, 0) is 11.2 Å². The number of amides is 2. The Morgan fingerprint density at radius 1 is 1.17 bits per heavy atom. The third-order valence-electron chi connectivity index (χ3n) is 5.71. The van der Waals surface area contributed by atoms with Crippen LogP contribution in [0, 0.1) is 12.7 Å². The Balaban J connectivity index is 1.59. The van der Waals surface area contributed by atoms with E-state index in [9.17, 15) is 14.0 Å². The lowest BCUT2D eigenvalue weighted by atomic mass is 9.90. The van der Waals surface area contributed by atoms with E-state index in [1.54, 1.807) is 12.1 Å². The summed E-state index contributed by atoms with van der Waals surface area (Å²) in [5, 5.41) is 0.538. The highest BCUT2D eigenvalue weighted by atomic mass is 19.1. The Hall–Kier alpha value is -3.28. The standard InChI is InChI=1S/C24H24FN3O2/c1-15-4-6-16(7-5-15)11-22(29)28-10-2-3-17(14-28)23-20(24(26)30)13-18-12-19(25)8-9-21(18)27-23/h4-9,12-13,17H,2-3,10-11,14H2,1H3,(H2,26,30)/t17-/m0/s1. The van der Waals surface area contributed by atoms with Crippen LogP contribution in [0.25, 0.3) is 10.9 Å². The molecule has 5 nitrogen and oxygen atoms in total. The largest absolute Gasteiger partial charge is 0.366 e. The Labute approximate surface area is 174 Å². The molecular weight excluding hydrogens is 381 g/mol. The fraction of sp³-hybridized carbons (Fsp3) is 0.292. The Bertz CT molecular complexity index is 1110. The van der Waals surface area contributed by atoms with Crippen molar-refractivity contribution in [3.8, 4) is 0 Å². The maximum Gasteiger partial charge on any atom is 0.250 e. The van der Waals surface area contributed by atoms with Gasteiger partial charge in [-0.25, -0.2) is 4.39 Å². The molecule has 0 bridgehead atoms. The molecule has 2 aromatic carbocycles. The molecule has 2 N–H and O–H groups in total. The molecule has 1 fully saturated rings. The molecule has 0 unspecified atom stereocenters. The number of carbonyl (C=O) groups excluding carboxylic acids is 2. The summed E-state index contributed by atoms with van der Waals surface area (Å²) in [7, 11) is 0. The smallest absolute Gasteiger partial charge is 0.250 e. The van der Waals surface area contributed by atoms with E-state index in [2.05, 4.69) is 4.98 Å². The second-order valence-corrected chi connectivity index (χ2v) is 7.96. The average molecular weight is 405 g/mol. The molecule has 3 aromatic rings. The molecule has 30 heavy (non-hydrogen) atoms. The molecule has 6 heteroatoms. The van der Waals surface area contributed by atoms with E-state index in [1.165, 1.54) is 12.1 Å². The second-order valence-electron chi connectivity index (χ2n) is 7.96. The maximum absolute atomic E-state index is 13.6. The minimum atomic E-state index is -0.591. The summed E-state index contributed by atoms with van der Waals surface area (Å²) in [5.74, 6) is -1.01. The number of nitrogens with two attached hydrogens (primary N) is 1. The number of primary amides is 1. The average Bonchev–Trinajstić information content (AvgIpc) is 2.74. The van der Waals surface area contributed by atoms with E-state index in [0.717, 1.165) is 24.0 Å². The highest BCUT2D eigenvalue weighted by molar-refractivity contribution is 5.98. The SMILES string of the molecule is Cc1ccc(CC(=O)N2CCC[C@H](c3nc4ccc(F)cc4cc3C(N)=O)C2)cc1. The number of rotatable bonds is 4. The molecule has 2 amide bonds. The molecule has 154 valence electrons. The van der Waals surface area contributed by atoms with Crippen molar-refractivity contribution in [1.82, 2.24) is 9.88 Å². The zero-order valence-electron chi connectivity index (χ0n) is 16.9. The topological polar surface area (TPSA) is 76.3 Å². The van der Waals surface area contributed by atoms with Gasteiger partial charge in [0.25, 0.3) is 5.91 Å². The number of piperidine rings is 1. The summed E-state index contributed by atoms with van der Waals surface area (Å²) in [6, 6.07) is 13.9. The number of fused-ring (bicyclic) bond motifs is 1. The molecule has 1 atom stereocenters. The molecule has 1 saturated heterocycles. The van der Waals surface area contributed by atoms with Crippen molar-refractivity contribution in [2.75, 3.05) is 13.1 Å². The Kier molecular flexibility index (Phi) is 5.48. The van der Waals surface area contributed by atoms with E-state index < -0.39 is 11.7 Å². The van der Waals surface area contributed by atoms with E-state index in [0.29, 0.717) is 41.7 Å². The summed E-state index contributed by atoms with van der Waals surface area (Å²) >= 11 is 0. The lowest BCUT2D eigenvalue weighted by molar-refractivity contribution is -0.131. The van der Waals surface area contributed by atoms with Crippen LogP contribution in [0.5, 0.6) is 0 Å². The highest BCUT2D eigenvalue weighted by Crippen LogP contribution is 2.30. The van der Waals surface area contributed by atoms with Crippen molar-refractivity contribution in [2.45, 2.75) is 32.1 Å². The summed E-state index contributed by atoms with van der Waals surface area (Å²) in [6.45, 7) is 3.19. The quantitative estimate of drug-likeness (QED) is 0.719. The molecule has 0 saturated carbocycles. The summed E-state index contributed by atoms with van der Waals surface area (Å²) in [6.07, 6.45) is 1.99. The van der Waals surface area contributed by atoms with Crippen LogP contribution >= 0.6 is 0 Å². The fourth-order valence-electron chi connectivity index (χ4n) is 4.09. The number of carbonyl (C=O) groups is 2. The maximum atomic E-state index is 13.6. The summed E-state index contributed by atoms with van der Waals surface area (Å²) < 4.78 is 13.6. The minimum Gasteiger partial charge on any atom is -0.366 e. The van der Waals surface area contributed by atoms with Gasteiger partial charge in [-0.1, -0.05) is 29.8 Å². The molecule has 0 aliphatic carbocycles. The Morgan fingerprint density at radius 2 is 1.93 bits per heavy atom. The zero-order valence-corrected chi connectivity index (χ0v) is 16.9. The molecule has 1 aromatic heterocycles. The lowest BCUT2D eigenvalue weighted by Crippen LogP contribution is -2.40. The number of likely N-dealkylation sites (tertiary alicyclic amines) is 1. The first-order chi connectivity index (χ1) is 14.4. The van der Waals surface area contributed by atoms with Crippen LogP contribution in [0.1, 0.15) is 45.9 Å². The van der Waals surface area contributed by atoms with Gasteiger partial charge in [0.2, 0.25) is 5.91 Å². The molecular formula is C24H24FN3O2. The van der Waals surface area contributed by atoms with Crippen LogP contribution in [0.3, 0.4) is 0 Å². The van der Waals surface area contributed by atoms with E-state index in [-0.39, 0.29) is 11.8 Å². The van der Waals surface area contributed by atoms with Crippen LogP contribution in [-0.4, -0.2) is 34.8 Å². The van der Waals surface area contributed by atoms with Gasteiger partial charge in [-0.2, -0.15) is 0 Å². The number of halogens is 1. The van der Waals surface area contributed by atoms with Gasteiger partial charge in [-0.3, -0.25) is 14.6 Å². The highest BCUT2D eigenvalue weighted by Gasteiger charge is 2.28. The van der Waals surface area contributed by atoms with Crippen molar-refractivity contribution in [3.63, 3.8) is 0 Å². The Morgan fingerprint density at radius 3 is 2.67 bits per heavy atom. The van der Waals surface area contributed by atoms with Crippen LogP contribution in [0.2, 0.25) is 0 Å². The van der Waals surface area contributed by atoms with Gasteiger partial charge in [0.15, 0.2) is 0 Å². The first-order valence-corrected chi connectivity index (χ1v) is 10.1. The lowest BCUT2D eigenvalue weighted by Gasteiger charge is -2.33. The summed E-state index contributed by atoms with van der Waals surface area (Å²) in [5.41, 5.74) is 9.25. The predicted octanol–water partition coefficient (Wildman–Crippen LogP) is 3.73. The van der Waals surface area contributed by atoms with E-state index >= 15 is 0 Å². The van der Waals surface area contributed by atoms with Crippen molar-refractivity contribution in [3.05, 3.63) is 76.7 Å². The van der Waals surface area contributed by atoms with Gasteiger partial charge >= 0.3 is 0 Å². The van der Waals surface area contributed by atoms with Crippen molar-refractivity contribution < 1.29 is 14.0 Å². The van der Waals surface area contributed by atoms with Gasteiger partial charge in [-0.05, 0) is 49.6 Å². The fourth-order valence-corrected chi connectivity index (χ4v) is 4.09. The molecule has 1 aliphatic rings. The molecule has 4 rings (SSSR count). The molecule has 2 heterocycles. The second kappa shape index (κ2) is 8.22. The van der Waals surface area contributed by atoms with Crippen molar-refractivity contribution >= 4 is 22.7 Å². The third kappa shape index (κ3) is 4.17. The summed E-state index contributed by atoms with van der Waals surface area (Å²) in [4.78, 5) is 31.4. The van der Waals surface area contributed by atoms with Gasteiger partial charge in [0.05, 0.1) is 23.2 Å². The number of aryl methyl sites for hydroxylation is 1. The number of pyridine rings is 1. The van der Waals surface area contributed by atoms with E-state index in [1.807, 2.05) is 36.1 Å². The first-order valence-electron chi connectivity index (χ1n) is 10.1. The zero-order chi connectivity index (χ0) is 21.3. The van der Waals surface area contributed by atoms with Gasteiger partial charge in [0.1, 0.15) is 5.82 Å². The van der Waals surface area contributed by atoms with Gasteiger partial charge in [0, 0.05) is 24.4 Å². The number of nitrogens with zero attached hydrogens (tertiary/aromatic N) is 2. The van der Waals surface area contributed by atoms with Crippen molar-refractivity contribution in [1.29, 1.82) is 0 Å². The third-order valence-corrected chi connectivity index (χ3v) is 5.71. The predicted molar refractivity (Wildman–Crippen MR) is 114 cm³/mol. The van der Waals surface area contributed by atoms with E-state index in [4.69, 9.17) is 5.73 Å².